The highest BCUT2D eigenvalue weighted by molar-refractivity contribution is 8.26. The first-order chi connectivity index (χ1) is 16.8. The molecular weight excluding hydrogens is 476 g/mol. The van der Waals surface area contributed by atoms with Gasteiger partial charge in [-0.05, 0) is 50.7 Å². The quantitative estimate of drug-likeness (QED) is 0.222. The molecule has 1 aromatic rings. The maximum Gasteiger partial charge on any atom is 0.270 e. The Balaban J connectivity index is 1.96. The number of carbonyl (C=O) groups excluding carboxylic acids is 1. The molecule has 6 nitrogen and oxygen atoms in total. The van der Waals surface area contributed by atoms with E-state index in [9.17, 15) is 14.9 Å². The van der Waals surface area contributed by atoms with E-state index in [1.165, 1.54) is 37.4 Å². The highest BCUT2D eigenvalue weighted by atomic mass is 32.2. The zero-order valence-corrected chi connectivity index (χ0v) is 23.2. The van der Waals surface area contributed by atoms with E-state index >= 15 is 0 Å². The van der Waals surface area contributed by atoms with Gasteiger partial charge in [0.15, 0.2) is 0 Å². The number of nitriles is 1. The molecule has 2 aliphatic rings. The van der Waals surface area contributed by atoms with E-state index < -0.39 is 0 Å². The maximum absolute atomic E-state index is 13.3. The second-order valence-corrected chi connectivity index (χ2v) is 11.4. The number of hydrogen-bond donors (Lipinski definition) is 0. The van der Waals surface area contributed by atoms with Crippen LogP contribution in [0, 0.1) is 24.2 Å². The Morgan fingerprint density at radius 3 is 2.54 bits per heavy atom. The van der Waals surface area contributed by atoms with Gasteiger partial charge in [0.1, 0.15) is 21.8 Å². The largest absolute Gasteiger partial charge is 0.357 e. The zero-order chi connectivity index (χ0) is 25.5. The lowest BCUT2D eigenvalue weighted by molar-refractivity contribution is -0.122. The van der Waals surface area contributed by atoms with Crippen molar-refractivity contribution >= 4 is 46.1 Å². The van der Waals surface area contributed by atoms with Crippen molar-refractivity contribution in [1.29, 1.82) is 5.26 Å². The van der Waals surface area contributed by atoms with Crippen LogP contribution < -0.4 is 10.5 Å². The van der Waals surface area contributed by atoms with E-state index in [4.69, 9.17) is 12.2 Å². The summed E-state index contributed by atoms with van der Waals surface area (Å²) in [6.45, 7) is 11.0. The average molecular weight is 515 g/mol. The number of anilines is 1. The van der Waals surface area contributed by atoms with Crippen LogP contribution in [0.3, 0.4) is 0 Å². The minimum absolute atomic E-state index is 0.0707. The molecule has 0 N–H and O–H groups in total. The first kappa shape index (κ1) is 27.5. The SMILES string of the molecule is CCCCCCCCN1C(=O)/C(=C\c2c(C)c(C#N)c(=O)n(CC)c2N2CCCC(C)C2)SC1=S. The number of pyridine rings is 1. The molecule has 3 heterocycles. The van der Waals surface area contributed by atoms with E-state index in [-0.39, 0.29) is 17.0 Å². The molecule has 1 atom stereocenters. The Labute approximate surface area is 219 Å². The van der Waals surface area contributed by atoms with E-state index in [1.54, 1.807) is 9.47 Å². The molecule has 190 valence electrons. The normalized spacial score (nSPS) is 19.6. The summed E-state index contributed by atoms with van der Waals surface area (Å²) < 4.78 is 2.29. The fourth-order valence-electron chi connectivity index (χ4n) is 5.03. The lowest BCUT2D eigenvalue weighted by Gasteiger charge is -2.35. The molecule has 0 aliphatic carbocycles. The van der Waals surface area contributed by atoms with Crippen molar-refractivity contribution < 1.29 is 4.79 Å². The van der Waals surface area contributed by atoms with Crippen LogP contribution >= 0.6 is 24.0 Å². The van der Waals surface area contributed by atoms with Gasteiger partial charge in [-0.1, -0.05) is 69.9 Å². The van der Waals surface area contributed by atoms with Crippen LogP contribution in [-0.2, 0) is 11.3 Å². The van der Waals surface area contributed by atoms with Crippen LogP contribution in [0.1, 0.15) is 88.8 Å². The summed E-state index contributed by atoms with van der Waals surface area (Å²) in [5, 5.41) is 9.76. The van der Waals surface area contributed by atoms with Gasteiger partial charge in [-0.15, -0.1) is 0 Å². The summed E-state index contributed by atoms with van der Waals surface area (Å²) in [4.78, 5) is 31.0. The number of unbranched alkanes of at least 4 members (excludes halogenated alkanes) is 5. The summed E-state index contributed by atoms with van der Waals surface area (Å²) in [5.74, 6) is 1.27. The molecule has 1 amide bonds. The Hall–Kier alpha value is -2.11. The molecule has 1 aromatic heterocycles. The smallest absolute Gasteiger partial charge is 0.270 e. The monoisotopic (exact) mass is 514 g/mol. The van der Waals surface area contributed by atoms with Crippen LogP contribution in [-0.4, -0.2) is 39.3 Å². The lowest BCUT2D eigenvalue weighted by atomic mass is 9.98. The van der Waals surface area contributed by atoms with Crippen LogP contribution in [0.2, 0.25) is 0 Å². The summed E-state index contributed by atoms with van der Waals surface area (Å²) in [6.07, 6.45) is 11.0. The summed E-state index contributed by atoms with van der Waals surface area (Å²) in [7, 11) is 0. The molecule has 0 bridgehead atoms. The second-order valence-electron chi connectivity index (χ2n) is 9.69. The minimum Gasteiger partial charge on any atom is -0.357 e. The van der Waals surface area contributed by atoms with E-state index in [2.05, 4.69) is 24.8 Å². The Morgan fingerprint density at radius 1 is 1.17 bits per heavy atom. The third-order valence-corrected chi connectivity index (χ3v) is 8.38. The van der Waals surface area contributed by atoms with Crippen molar-refractivity contribution in [2.75, 3.05) is 24.5 Å². The van der Waals surface area contributed by atoms with Gasteiger partial charge in [0, 0.05) is 31.7 Å². The van der Waals surface area contributed by atoms with E-state index in [1.807, 2.05) is 19.9 Å². The van der Waals surface area contributed by atoms with Gasteiger partial charge in [0.05, 0.1) is 4.91 Å². The number of aromatic nitrogens is 1. The molecule has 0 saturated carbocycles. The molecule has 3 rings (SSSR count). The van der Waals surface area contributed by atoms with Crippen molar-refractivity contribution in [2.24, 2.45) is 5.92 Å². The van der Waals surface area contributed by atoms with Crippen LogP contribution in [0.25, 0.3) is 6.08 Å². The standard InChI is InChI=1S/C27H38N4O2S2/c1-5-7-8-9-10-11-15-31-26(33)23(35-27(31)34)16-21-20(4)22(17-28)25(32)30(6-2)24(21)29-14-12-13-19(3)18-29/h16,19H,5-15,18H2,1-4H3/b23-16+. The maximum atomic E-state index is 13.3. The van der Waals surface area contributed by atoms with Crippen LogP contribution in [0.15, 0.2) is 9.70 Å². The number of rotatable bonds is 10. The van der Waals surface area contributed by atoms with Gasteiger partial charge in [0.25, 0.3) is 11.5 Å². The molecule has 35 heavy (non-hydrogen) atoms. The van der Waals surface area contributed by atoms with Crippen molar-refractivity contribution in [2.45, 2.75) is 85.6 Å². The number of carbonyl (C=O) groups is 1. The number of hydrogen-bond acceptors (Lipinski definition) is 6. The first-order valence-electron chi connectivity index (χ1n) is 13.0. The Morgan fingerprint density at radius 2 is 1.89 bits per heavy atom. The highest BCUT2D eigenvalue weighted by Crippen LogP contribution is 2.37. The van der Waals surface area contributed by atoms with Crippen molar-refractivity contribution in [3.63, 3.8) is 0 Å². The first-order valence-corrected chi connectivity index (χ1v) is 14.2. The van der Waals surface area contributed by atoms with Gasteiger partial charge < -0.3 is 4.90 Å². The van der Waals surface area contributed by atoms with Crippen LogP contribution in [0.4, 0.5) is 5.82 Å². The molecule has 1 unspecified atom stereocenters. The zero-order valence-electron chi connectivity index (χ0n) is 21.6. The number of amides is 1. The Bertz CT molecular complexity index is 1090. The number of thiocarbonyl (C=S) groups is 1. The minimum atomic E-state index is -0.256. The fourth-order valence-corrected chi connectivity index (χ4v) is 6.32. The summed E-state index contributed by atoms with van der Waals surface area (Å²) in [6, 6.07) is 2.11. The van der Waals surface area contributed by atoms with Gasteiger partial charge in [-0.2, -0.15) is 5.26 Å². The number of nitrogens with zero attached hydrogens (tertiary/aromatic N) is 4. The molecule has 2 aliphatic heterocycles. The molecule has 0 spiro atoms. The topological polar surface area (TPSA) is 69.3 Å². The predicted octanol–water partition coefficient (Wildman–Crippen LogP) is 5.85. The molecule has 0 aromatic carbocycles. The summed E-state index contributed by atoms with van der Waals surface area (Å²) >= 11 is 6.89. The van der Waals surface area contributed by atoms with Gasteiger partial charge in [0.2, 0.25) is 0 Å². The molecule has 2 saturated heterocycles. The Kier molecular flexibility index (Phi) is 9.99. The molecule has 8 heteroatoms. The summed E-state index contributed by atoms with van der Waals surface area (Å²) in [5.41, 5.74) is 1.32. The van der Waals surface area contributed by atoms with Crippen molar-refractivity contribution in [3.8, 4) is 6.07 Å². The van der Waals surface area contributed by atoms with Crippen LogP contribution in [0.5, 0.6) is 0 Å². The molecular formula is C27H38N4O2S2. The van der Waals surface area contributed by atoms with Crippen molar-refractivity contribution in [1.82, 2.24) is 9.47 Å². The second kappa shape index (κ2) is 12.7. The number of thioether (sulfide) groups is 1. The third kappa shape index (κ3) is 6.18. The fraction of sp³-hybridized carbons (Fsp3) is 0.630. The van der Waals surface area contributed by atoms with Crippen molar-refractivity contribution in [3.05, 3.63) is 31.9 Å². The van der Waals surface area contributed by atoms with E-state index in [0.717, 1.165) is 50.2 Å². The van der Waals surface area contributed by atoms with Gasteiger partial charge in [-0.25, -0.2) is 0 Å². The molecule has 0 radical (unpaired) electrons. The number of piperidine rings is 1. The molecule has 2 fully saturated rings. The van der Waals surface area contributed by atoms with Gasteiger partial charge >= 0.3 is 0 Å². The predicted molar refractivity (Wildman–Crippen MR) is 150 cm³/mol. The average Bonchev–Trinajstić information content (AvgIpc) is 3.10. The van der Waals surface area contributed by atoms with E-state index in [0.29, 0.717) is 33.8 Å². The van der Waals surface area contributed by atoms with Gasteiger partial charge in [-0.3, -0.25) is 19.1 Å². The lowest BCUT2D eigenvalue weighted by Crippen LogP contribution is -2.40. The highest BCUT2D eigenvalue weighted by Gasteiger charge is 2.33. The third-order valence-electron chi connectivity index (χ3n) is 7.00.